The highest BCUT2D eigenvalue weighted by molar-refractivity contribution is 5.55. The highest BCUT2D eigenvalue weighted by Crippen LogP contribution is 2.34. The predicted molar refractivity (Wildman–Crippen MR) is 62.0 cm³/mol. The third-order valence-electron chi connectivity index (χ3n) is 2.81. The SMILES string of the molecule is CCC(C)(O)CNc1ccc2c(c1)OCO2. The lowest BCUT2D eigenvalue weighted by molar-refractivity contribution is 0.0697. The number of benzene rings is 1. The second-order valence-corrected chi connectivity index (χ2v) is 4.27. The van der Waals surface area contributed by atoms with E-state index >= 15 is 0 Å². The second kappa shape index (κ2) is 4.22. The fourth-order valence-electron chi connectivity index (χ4n) is 1.42. The van der Waals surface area contributed by atoms with Gasteiger partial charge in [0, 0.05) is 18.3 Å². The third-order valence-corrected chi connectivity index (χ3v) is 2.81. The largest absolute Gasteiger partial charge is 0.454 e. The molecule has 88 valence electrons. The van der Waals surface area contributed by atoms with Crippen molar-refractivity contribution in [3.63, 3.8) is 0 Å². The first-order valence-electron chi connectivity index (χ1n) is 5.47. The number of anilines is 1. The van der Waals surface area contributed by atoms with Crippen LogP contribution in [-0.2, 0) is 0 Å². The molecule has 2 rings (SSSR count). The summed E-state index contributed by atoms with van der Waals surface area (Å²) < 4.78 is 10.5. The van der Waals surface area contributed by atoms with Crippen molar-refractivity contribution in [1.29, 1.82) is 0 Å². The quantitative estimate of drug-likeness (QED) is 0.819. The summed E-state index contributed by atoms with van der Waals surface area (Å²) in [6.45, 7) is 4.57. The minimum Gasteiger partial charge on any atom is -0.454 e. The van der Waals surface area contributed by atoms with Crippen molar-refractivity contribution in [3.05, 3.63) is 18.2 Å². The van der Waals surface area contributed by atoms with Crippen molar-refractivity contribution in [2.75, 3.05) is 18.7 Å². The Labute approximate surface area is 95.2 Å². The van der Waals surface area contributed by atoms with Crippen LogP contribution in [0.2, 0.25) is 0 Å². The van der Waals surface area contributed by atoms with Crippen molar-refractivity contribution >= 4 is 5.69 Å². The molecule has 1 unspecified atom stereocenters. The zero-order valence-corrected chi connectivity index (χ0v) is 9.62. The van der Waals surface area contributed by atoms with E-state index in [2.05, 4.69) is 5.32 Å². The Kier molecular flexibility index (Phi) is 2.92. The molecule has 0 radical (unpaired) electrons. The Hall–Kier alpha value is -1.42. The van der Waals surface area contributed by atoms with Crippen LogP contribution < -0.4 is 14.8 Å². The van der Waals surface area contributed by atoms with E-state index in [4.69, 9.17) is 9.47 Å². The van der Waals surface area contributed by atoms with Gasteiger partial charge in [0.1, 0.15) is 0 Å². The molecule has 0 bridgehead atoms. The fourth-order valence-corrected chi connectivity index (χ4v) is 1.42. The molecular formula is C12H17NO3. The van der Waals surface area contributed by atoms with Gasteiger partial charge in [-0.1, -0.05) is 6.92 Å². The van der Waals surface area contributed by atoms with Crippen molar-refractivity contribution in [2.24, 2.45) is 0 Å². The van der Waals surface area contributed by atoms with Gasteiger partial charge in [-0.2, -0.15) is 0 Å². The van der Waals surface area contributed by atoms with Crippen molar-refractivity contribution in [2.45, 2.75) is 25.9 Å². The topological polar surface area (TPSA) is 50.7 Å². The lowest BCUT2D eigenvalue weighted by Gasteiger charge is -2.22. The molecule has 2 N–H and O–H groups in total. The summed E-state index contributed by atoms with van der Waals surface area (Å²) in [6, 6.07) is 5.67. The Bertz CT molecular complexity index is 377. The van der Waals surface area contributed by atoms with Crippen LogP contribution in [0.15, 0.2) is 18.2 Å². The minimum absolute atomic E-state index is 0.283. The summed E-state index contributed by atoms with van der Waals surface area (Å²) in [5.74, 6) is 1.52. The van der Waals surface area contributed by atoms with Gasteiger partial charge in [0.25, 0.3) is 0 Å². The molecule has 0 fully saturated rings. The van der Waals surface area contributed by atoms with E-state index < -0.39 is 5.60 Å². The van der Waals surface area contributed by atoms with Crippen LogP contribution in [0, 0.1) is 0 Å². The van der Waals surface area contributed by atoms with Crippen LogP contribution in [0.1, 0.15) is 20.3 Å². The van der Waals surface area contributed by atoms with E-state index in [1.165, 1.54) is 0 Å². The molecule has 1 atom stereocenters. The van der Waals surface area contributed by atoms with Gasteiger partial charge >= 0.3 is 0 Å². The first kappa shape index (κ1) is 11.1. The highest BCUT2D eigenvalue weighted by atomic mass is 16.7. The lowest BCUT2D eigenvalue weighted by atomic mass is 10.0. The maximum atomic E-state index is 9.86. The molecule has 1 aliphatic heterocycles. The molecule has 1 aromatic carbocycles. The smallest absolute Gasteiger partial charge is 0.231 e. The number of ether oxygens (including phenoxy) is 2. The maximum absolute atomic E-state index is 9.86. The average Bonchev–Trinajstić information content (AvgIpc) is 2.73. The number of hydrogen-bond donors (Lipinski definition) is 2. The fraction of sp³-hybridized carbons (Fsp3) is 0.500. The van der Waals surface area contributed by atoms with Crippen LogP contribution in [0.3, 0.4) is 0 Å². The molecule has 4 nitrogen and oxygen atoms in total. The number of aliphatic hydroxyl groups is 1. The molecule has 1 aromatic rings. The average molecular weight is 223 g/mol. The van der Waals surface area contributed by atoms with Crippen molar-refractivity contribution in [3.8, 4) is 11.5 Å². The third kappa shape index (κ3) is 2.39. The lowest BCUT2D eigenvalue weighted by Crippen LogP contribution is -2.32. The summed E-state index contributed by atoms with van der Waals surface area (Å²) in [5.41, 5.74) is 0.245. The summed E-state index contributed by atoms with van der Waals surface area (Å²) in [4.78, 5) is 0. The zero-order chi connectivity index (χ0) is 11.6. The Morgan fingerprint density at radius 2 is 2.12 bits per heavy atom. The molecule has 0 spiro atoms. The minimum atomic E-state index is -0.684. The van der Waals surface area contributed by atoms with E-state index in [1.807, 2.05) is 32.0 Å². The molecule has 0 saturated heterocycles. The molecule has 0 aromatic heterocycles. The monoisotopic (exact) mass is 223 g/mol. The normalized spacial score (nSPS) is 16.9. The number of nitrogens with one attached hydrogen (secondary N) is 1. The van der Waals surface area contributed by atoms with Gasteiger partial charge in [0.05, 0.1) is 5.60 Å². The predicted octanol–water partition coefficient (Wildman–Crippen LogP) is 1.99. The maximum Gasteiger partial charge on any atom is 0.231 e. The first-order chi connectivity index (χ1) is 7.61. The van der Waals surface area contributed by atoms with Crippen molar-refractivity contribution < 1.29 is 14.6 Å². The Morgan fingerprint density at radius 3 is 2.88 bits per heavy atom. The molecule has 0 aliphatic carbocycles. The van der Waals surface area contributed by atoms with E-state index in [0.29, 0.717) is 13.0 Å². The van der Waals surface area contributed by atoms with Gasteiger partial charge in [-0.3, -0.25) is 0 Å². The van der Waals surface area contributed by atoms with Crippen LogP contribution in [0.4, 0.5) is 5.69 Å². The van der Waals surface area contributed by atoms with Gasteiger partial charge in [0.15, 0.2) is 11.5 Å². The van der Waals surface area contributed by atoms with Gasteiger partial charge in [-0.15, -0.1) is 0 Å². The van der Waals surface area contributed by atoms with Gasteiger partial charge in [-0.05, 0) is 25.5 Å². The van der Waals surface area contributed by atoms with E-state index in [0.717, 1.165) is 17.2 Å². The van der Waals surface area contributed by atoms with Crippen LogP contribution in [0.5, 0.6) is 11.5 Å². The Balaban J connectivity index is 2.00. The standard InChI is InChI=1S/C12H17NO3/c1-3-12(2,14)7-13-9-4-5-10-11(6-9)16-8-15-10/h4-6,13-14H,3,7-8H2,1-2H3. The van der Waals surface area contributed by atoms with Gasteiger partial charge < -0.3 is 19.9 Å². The van der Waals surface area contributed by atoms with E-state index in [1.54, 1.807) is 0 Å². The molecule has 1 heterocycles. The molecular weight excluding hydrogens is 206 g/mol. The summed E-state index contributed by atoms with van der Waals surface area (Å²) in [5, 5.41) is 13.0. The van der Waals surface area contributed by atoms with Crippen LogP contribution >= 0.6 is 0 Å². The summed E-state index contributed by atoms with van der Waals surface area (Å²) in [6.07, 6.45) is 0.713. The number of fused-ring (bicyclic) bond motifs is 1. The second-order valence-electron chi connectivity index (χ2n) is 4.27. The zero-order valence-electron chi connectivity index (χ0n) is 9.62. The molecule has 16 heavy (non-hydrogen) atoms. The molecule has 0 saturated carbocycles. The van der Waals surface area contributed by atoms with Gasteiger partial charge in [-0.25, -0.2) is 0 Å². The van der Waals surface area contributed by atoms with E-state index in [-0.39, 0.29) is 6.79 Å². The Morgan fingerprint density at radius 1 is 1.38 bits per heavy atom. The summed E-state index contributed by atoms with van der Waals surface area (Å²) >= 11 is 0. The molecule has 4 heteroatoms. The highest BCUT2D eigenvalue weighted by Gasteiger charge is 2.18. The van der Waals surface area contributed by atoms with Gasteiger partial charge in [0.2, 0.25) is 6.79 Å². The number of rotatable bonds is 4. The van der Waals surface area contributed by atoms with Crippen LogP contribution in [0.25, 0.3) is 0 Å². The van der Waals surface area contributed by atoms with Crippen molar-refractivity contribution in [1.82, 2.24) is 0 Å². The first-order valence-corrected chi connectivity index (χ1v) is 5.47. The number of hydrogen-bond acceptors (Lipinski definition) is 4. The molecule has 0 amide bonds. The molecule has 1 aliphatic rings. The van der Waals surface area contributed by atoms with Crippen LogP contribution in [-0.4, -0.2) is 24.0 Å². The van der Waals surface area contributed by atoms with E-state index in [9.17, 15) is 5.11 Å². The summed E-state index contributed by atoms with van der Waals surface area (Å²) in [7, 11) is 0.